The van der Waals surface area contributed by atoms with Crippen molar-refractivity contribution in [3.8, 4) is 11.5 Å². The molecule has 2 aromatic rings. The molecule has 2 N–H and O–H groups in total. The Hall–Kier alpha value is -2.28. The number of thiazole rings is 1. The van der Waals surface area contributed by atoms with Crippen LogP contribution in [0.3, 0.4) is 0 Å². The molecule has 0 radical (unpaired) electrons. The van der Waals surface area contributed by atoms with Gasteiger partial charge in [-0.25, -0.2) is 4.98 Å². The minimum absolute atomic E-state index is 0.00292. The van der Waals surface area contributed by atoms with Gasteiger partial charge in [-0.05, 0) is 24.6 Å². The number of fused-ring (bicyclic) bond motifs is 2. The molecule has 2 aliphatic heterocycles. The van der Waals surface area contributed by atoms with Gasteiger partial charge in [-0.15, -0.1) is 0 Å². The Morgan fingerprint density at radius 3 is 3.14 bits per heavy atom. The number of amides is 1. The predicted octanol–water partition coefficient (Wildman–Crippen LogP) is 2.78. The third kappa shape index (κ3) is 2.18. The van der Waals surface area contributed by atoms with Crippen LogP contribution in [0.5, 0.6) is 11.5 Å². The molecule has 0 saturated heterocycles. The van der Waals surface area contributed by atoms with Gasteiger partial charge in [0.15, 0.2) is 16.6 Å². The highest BCUT2D eigenvalue weighted by atomic mass is 32.1. The summed E-state index contributed by atoms with van der Waals surface area (Å²) < 4.78 is 10.8. The topological polar surface area (TPSA) is 72.5 Å². The van der Waals surface area contributed by atoms with Crippen LogP contribution in [0.25, 0.3) is 0 Å². The summed E-state index contributed by atoms with van der Waals surface area (Å²) in [6.07, 6.45) is 0.417. The smallest absolute Gasteiger partial charge is 0.231 e. The van der Waals surface area contributed by atoms with Crippen molar-refractivity contribution < 1.29 is 14.3 Å². The maximum Gasteiger partial charge on any atom is 0.231 e. The average Bonchev–Trinajstić information content (AvgIpc) is 3.11. The first-order valence-electron chi connectivity index (χ1n) is 7.18. The Kier molecular flexibility index (Phi) is 3.15. The molecule has 3 heterocycles. The molecule has 1 aromatic carbocycles. The molecule has 1 aromatic heterocycles. The molecule has 0 saturated carbocycles. The fourth-order valence-electron chi connectivity index (χ4n) is 2.74. The van der Waals surface area contributed by atoms with Gasteiger partial charge in [0, 0.05) is 18.9 Å². The molecule has 7 heteroatoms. The number of anilines is 2. The first kappa shape index (κ1) is 13.4. The van der Waals surface area contributed by atoms with E-state index in [-0.39, 0.29) is 18.6 Å². The highest BCUT2D eigenvalue weighted by Gasteiger charge is 2.31. The number of rotatable bonds is 3. The minimum atomic E-state index is -0.0106. The van der Waals surface area contributed by atoms with Crippen molar-refractivity contribution in [2.24, 2.45) is 0 Å². The van der Waals surface area contributed by atoms with Crippen LogP contribution in [-0.4, -0.2) is 24.2 Å². The van der Waals surface area contributed by atoms with Crippen LogP contribution in [0.4, 0.5) is 10.9 Å². The van der Waals surface area contributed by atoms with Gasteiger partial charge in [-0.1, -0.05) is 17.4 Å². The molecular formula is C15H15N3O3S. The Morgan fingerprint density at radius 2 is 2.27 bits per heavy atom. The zero-order valence-electron chi connectivity index (χ0n) is 12.0. The lowest BCUT2D eigenvalue weighted by atomic mass is 9.91. The fraction of sp³-hybridized carbons (Fsp3) is 0.333. The third-order valence-electron chi connectivity index (χ3n) is 3.74. The SMILES string of the molecule is CCNc1nc2c(s1)[C@@H](c1ccc3c(c1)OCO3)CC(=O)N2. The number of nitrogens with zero attached hydrogens (tertiary/aromatic N) is 1. The maximum absolute atomic E-state index is 12.0. The zero-order valence-corrected chi connectivity index (χ0v) is 12.8. The van der Waals surface area contributed by atoms with E-state index in [2.05, 4.69) is 15.6 Å². The number of ether oxygens (including phenoxy) is 2. The van der Waals surface area contributed by atoms with E-state index in [1.54, 1.807) is 11.3 Å². The molecule has 0 bridgehead atoms. The summed E-state index contributed by atoms with van der Waals surface area (Å²) in [7, 11) is 0. The van der Waals surface area contributed by atoms with Gasteiger partial charge in [0.2, 0.25) is 12.7 Å². The van der Waals surface area contributed by atoms with Crippen molar-refractivity contribution in [2.75, 3.05) is 24.0 Å². The standard InChI is InChI=1S/C15H15N3O3S/c1-2-16-15-18-14-13(22-15)9(6-12(19)17-14)8-3-4-10-11(5-8)21-7-20-10/h3-5,9H,2,6-7H2,1H3,(H,16,18)(H,17,19)/t9-/m1/s1. The van der Waals surface area contributed by atoms with Gasteiger partial charge in [0.05, 0.1) is 4.88 Å². The Morgan fingerprint density at radius 1 is 1.41 bits per heavy atom. The number of aromatic nitrogens is 1. The quantitative estimate of drug-likeness (QED) is 0.911. The van der Waals surface area contributed by atoms with Crippen molar-refractivity contribution in [1.29, 1.82) is 0 Å². The second-order valence-electron chi connectivity index (χ2n) is 5.18. The van der Waals surface area contributed by atoms with E-state index in [0.717, 1.165) is 33.6 Å². The first-order valence-corrected chi connectivity index (χ1v) is 8.00. The summed E-state index contributed by atoms with van der Waals surface area (Å²) in [4.78, 5) is 17.5. The second-order valence-corrected chi connectivity index (χ2v) is 6.21. The molecule has 0 spiro atoms. The van der Waals surface area contributed by atoms with Gasteiger partial charge >= 0.3 is 0 Å². The Balaban J connectivity index is 1.74. The van der Waals surface area contributed by atoms with E-state index in [1.807, 2.05) is 25.1 Å². The molecule has 0 fully saturated rings. The number of carbonyl (C=O) groups is 1. The van der Waals surface area contributed by atoms with Crippen LogP contribution in [0.15, 0.2) is 18.2 Å². The van der Waals surface area contributed by atoms with Crippen LogP contribution < -0.4 is 20.1 Å². The Bertz CT molecular complexity index is 744. The van der Waals surface area contributed by atoms with E-state index in [9.17, 15) is 4.79 Å². The lowest BCUT2D eigenvalue weighted by Gasteiger charge is -2.21. The third-order valence-corrected chi connectivity index (χ3v) is 4.87. The normalized spacial score (nSPS) is 18.8. The van der Waals surface area contributed by atoms with Gasteiger partial charge in [0.25, 0.3) is 0 Å². The lowest BCUT2D eigenvalue weighted by molar-refractivity contribution is -0.116. The van der Waals surface area contributed by atoms with Crippen LogP contribution in [0.1, 0.15) is 29.7 Å². The van der Waals surface area contributed by atoms with Crippen molar-refractivity contribution >= 4 is 28.2 Å². The highest BCUT2D eigenvalue weighted by Crippen LogP contribution is 2.44. The molecule has 4 rings (SSSR count). The number of hydrogen-bond acceptors (Lipinski definition) is 6. The fourth-order valence-corrected chi connectivity index (χ4v) is 3.86. The molecule has 114 valence electrons. The minimum Gasteiger partial charge on any atom is -0.454 e. The zero-order chi connectivity index (χ0) is 15.1. The van der Waals surface area contributed by atoms with Gasteiger partial charge in [-0.2, -0.15) is 0 Å². The van der Waals surface area contributed by atoms with Crippen LogP contribution in [0.2, 0.25) is 0 Å². The van der Waals surface area contributed by atoms with Crippen LogP contribution in [0, 0.1) is 0 Å². The maximum atomic E-state index is 12.0. The first-order chi connectivity index (χ1) is 10.7. The summed E-state index contributed by atoms with van der Waals surface area (Å²) in [5.41, 5.74) is 1.05. The molecule has 22 heavy (non-hydrogen) atoms. The molecule has 0 unspecified atom stereocenters. The number of hydrogen-bond donors (Lipinski definition) is 2. The van der Waals surface area contributed by atoms with E-state index >= 15 is 0 Å². The van der Waals surface area contributed by atoms with Crippen LogP contribution >= 0.6 is 11.3 Å². The summed E-state index contributed by atoms with van der Waals surface area (Å²) in [5.74, 6) is 2.15. The van der Waals surface area contributed by atoms with Crippen molar-refractivity contribution in [2.45, 2.75) is 19.3 Å². The molecular weight excluding hydrogens is 302 g/mol. The largest absolute Gasteiger partial charge is 0.454 e. The lowest BCUT2D eigenvalue weighted by Crippen LogP contribution is -2.22. The van der Waals surface area contributed by atoms with Gasteiger partial charge in [-0.3, -0.25) is 4.79 Å². The molecule has 1 atom stereocenters. The Labute approximate surface area is 131 Å². The number of benzene rings is 1. The van der Waals surface area contributed by atoms with Gasteiger partial charge < -0.3 is 20.1 Å². The van der Waals surface area contributed by atoms with Crippen molar-refractivity contribution in [3.63, 3.8) is 0 Å². The number of nitrogens with one attached hydrogen (secondary N) is 2. The van der Waals surface area contributed by atoms with E-state index in [1.165, 1.54) is 0 Å². The predicted molar refractivity (Wildman–Crippen MR) is 83.9 cm³/mol. The van der Waals surface area contributed by atoms with Crippen molar-refractivity contribution in [1.82, 2.24) is 4.98 Å². The average molecular weight is 317 g/mol. The monoisotopic (exact) mass is 317 g/mol. The number of carbonyl (C=O) groups excluding carboxylic acids is 1. The van der Waals surface area contributed by atoms with E-state index < -0.39 is 0 Å². The molecule has 6 nitrogen and oxygen atoms in total. The van der Waals surface area contributed by atoms with Crippen molar-refractivity contribution in [3.05, 3.63) is 28.6 Å². The molecule has 2 aliphatic rings. The van der Waals surface area contributed by atoms with Crippen LogP contribution in [-0.2, 0) is 4.79 Å². The van der Waals surface area contributed by atoms with E-state index in [4.69, 9.17) is 9.47 Å². The summed E-state index contributed by atoms with van der Waals surface area (Å²) >= 11 is 1.59. The summed E-state index contributed by atoms with van der Waals surface area (Å²) in [6, 6.07) is 5.85. The molecule has 0 aliphatic carbocycles. The molecule has 1 amide bonds. The summed E-state index contributed by atoms with van der Waals surface area (Å²) in [5, 5.41) is 6.89. The van der Waals surface area contributed by atoms with E-state index in [0.29, 0.717) is 12.2 Å². The highest BCUT2D eigenvalue weighted by molar-refractivity contribution is 7.16. The summed E-state index contributed by atoms with van der Waals surface area (Å²) in [6.45, 7) is 3.07. The van der Waals surface area contributed by atoms with Gasteiger partial charge in [0.1, 0.15) is 5.82 Å². The second kappa shape index (κ2) is 5.17.